The van der Waals surface area contributed by atoms with Crippen molar-refractivity contribution in [2.75, 3.05) is 11.9 Å². The molecule has 1 aliphatic heterocycles. The standard InChI is InChI=1S/C26H19BrClFN2O4S/c1-15-4-2-5-18(10-15)30-24(32)14-35-22-9-8-17(27)11-16(22)12-23-25(33)31(26(34)36-23)13-19-20(28)6-3-7-21(19)29/h2-12H,13-14H2,1H3,(H,30,32)/b23-12-. The van der Waals surface area contributed by atoms with Gasteiger partial charge >= 0.3 is 0 Å². The molecule has 4 rings (SSSR count). The van der Waals surface area contributed by atoms with E-state index in [1.165, 1.54) is 24.3 Å². The van der Waals surface area contributed by atoms with Crippen LogP contribution >= 0.6 is 39.3 Å². The van der Waals surface area contributed by atoms with Gasteiger partial charge in [-0.3, -0.25) is 19.3 Å². The lowest BCUT2D eigenvalue weighted by molar-refractivity contribution is -0.123. The fraction of sp³-hybridized carbons (Fsp3) is 0.115. The van der Waals surface area contributed by atoms with Crippen LogP contribution in [0, 0.1) is 12.7 Å². The second-order valence-electron chi connectivity index (χ2n) is 7.86. The van der Waals surface area contributed by atoms with Crippen LogP contribution in [0.1, 0.15) is 16.7 Å². The zero-order valence-electron chi connectivity index (χ0n) is 18.9. The molecule has 1 saturated heterocycles. The Balaban J connectivity index is 1.50. The van der Waals surface area contributed by atoms with Crippen LogP contribution in [0.2, 0.25) is 5.02 Å². The number of carbonyl (C=O) groups is 3. The molecule has 0 atom stereocenters. The van der Waals surface area contributed by atoms with Gasteiger partial charge < -0.3 is 10.1 Å². The third kappa shape index (κ3) is 6.16. The molecule has 3 amide bonds. The molecule has 3 aromatic rings. The fourth-order valence-electron chi connectivity index (χ4n) is 3.45. The normalized spacial score (nSPS) is 14.4. The number of nitrogens with zero attached hydrogens (tertiary/aromatic N) is 1. The maximum atomic E-state index is 14.2. The first kappa shape index (κ1) is 25.9. The summed E-state index contributed by atoms with van der Waals surface area (Å²) in [7, 11) is 0. The monoisotopic (exact) mass is 588 g/mol. The summed E-state index contributed by atoms with van der Waals surface area (Å²) in [4.78, 5) is 39.0. The number of amides is 3. The van der Waals surface area contributed by atoms with E-state index in [0.29, 0.717) is 21.5 Å². The Bertz CT molecular complexity index is 1380. The van der Waals surface area contributed by atoms with Crippen molar-refractivity contribution < 1.29 is 23.5 Å². The number of halogens is 3. The number of aryl methyl sites for hydroxylation is 1. The highest BCUT2D eigenvalue weighted by molar-refractivity contribution is 9.10. The Labute approximate surface area is 224 Å². The summed E-state index contributed by atoms with van der Waals surface area (Å²) < 4.78 is 20.6. The Morgan fingerprint density at radius 3 is 2.69 bits per heavy atom. The highest BCUT2D eigenvalue weighted by atomic mass is 79.9. The lowest BCUT2D eigenvalue weighted by Gasteiger charge is -2.14. The topological polar surface area (TPSA) is 75.7 Å². The number of thioether (sulfide) groups is 1. The van der Waals surface area contributed by atoms with Crippen molar-refractivity contribution in [1.29, 1.82) is 0 Å². The van der Waals surface area contributed by atoms with Crippen molar-refractivity contribution >= 4 is 68.1 Å². The molecular formula is C26H19BrClFN2O4S. The third-order valence-electron chi connectivity index (χ3n) is 5.17. The highest BCUT2D eigenvalue weighted by Gasteiger charge is 2.36. The van der Waals surface area contributed by atoms with E-state index in [1.807, 2.05) is 25.1 Å². The predicted molar refractivity (Wildman–Crippen MR) is 142 cm³/mol. The number of rotatable bonds is 7. The maximum Gasteiger partial charge on any atom is 0.293 e. The summed E-state index contributed by atoms with van der Waals surface area (Å²) in [6.07, 6.45) is 1.51. The molecule has 10 heteroatoms. The zero-order chi connectivity index (χ0) is 25.8. The van der Waals surface area contributed by atoms with Gasteiger partial charge in [-0.15, -0.1) is 0 Å². The van der Waals surface area contributed by atoms with E-state index in [2.05, 4.69) is 21.2 Å². The number of imide groups is 1. The summed E-state index contributed by atoms with van der Waals surface area (Å²) in [6, 6.07) is 16.6. The largest absolute Gasteiger partial charge is 0.483 e. The lowest BCUT2D eigenvalue weighted by atomic mass is 10.1. The molecule has 0 bridgehead atoms. The molecule has 0 aromatic heterocycles. The van der Waals surface area contributed by atoms with Crippen LogP contribution < -0.4 is 10.1 Å². The quantitative estimate of drug-likeness (QED) is 0.307. The number of hydrogen-bond donors (Lipinski definition) is 1. The van der Waals surface area contributed by atoms with Crippen LogP contribution in [0.4, 0.5) is 14.9 Å². The first-order valence-corrected chi connectivity index (χ1v) is 12.7. The van der Waals surface area contributed by atoms with Gasteiger partial charge in [-0.25, -0.2) is 4.39 Å². The molecule has 1 heterocycles. The molecule has 36 heavy (non-hydrogen) atoms. The Hall–Kier alpha value is -3.14. The minimum absolute atomic E-state index is 0.0637. The summed E-state index contributed by atoms with van der Waals surface area (Å²) in [6.45, 7) is 1.38. The number of benzene rings is 3. The number of hydrogen-bond acceptors (Lipinski definition) is 5. The highest BCUT2D eigenvalue weighted by Crippen LogP contribution is 2.36. The molecule has 3 aromatic carbocycles. The van der Waals surface area contributed by atoms with Crippen molar-refractivity contribution in [3.63, 3.8) is 0 Å². The van der Waals surface area contributed by atoms with Crippen LogP contribution in [0.25, 0.3) is 6.08 Å². The molecule has 6 nitrogen and oxygen atoms in total. The molecule has 1 N–H and O–H groups in total. The number of carbonyl (C=O) groups excluding carboxylic acids is 3. The number of anilines is 1. The van der Waals surface area contributed by atoms with Crippen LogP contribution in [0.5, 0.6) is 5.75 Å². The first-order chi connectivity index (χ1) is 17.2. The Morgan fingerprint density at radius 2 is 1.94 bits per heavy atom. The van der Waals surface area contributed by atoms with E-state index in [0.717, 1.165) is 22.2 Å². The van der Waals surface area contributed by atoms with E-state index in [1.54, 1.807) is 24.3 Å². The van der Waals surface area contributed by atoms with Gasteiger partial charge in [0.2, 0.25) is 0 Å². The van der Waals surface area contributed by atoms with E-state index in [-0.39, 0.29) is 34.6 Å². The molecule has 0 spiro atoms. The van der Waals surface area contributed by atoms with Gasteiger partial charge in [-0.05, 0) is 72.8 Å². The maximum absolute atomic E-state index is 14.2. The molecular weight excluding hydrogens is 571 g/mol. The second kappa shape index (κ2) is 11.3. The van der Waals surface area contributed by atoms with Crippen LogP contribution in [0.3, 0.4) is 0 Å². The Kier molecular flexibility index (Phi) is 8.13. The van der Waals surface area contributed by atoms with Crippen LogP contribution in [0.15, 0.2) is 70.0 Å². The average molecular weight is 590 g/mol. The van der Waals surface area contributed by atoms with E-state index in [9.17, 15) is 18.8 Å². The van der Waals surface area contributed by atoms with Gasteiger partial charge in [0.1, 0.15) is 11.6 Å². The van der Waals surface area contributed by atoms with Crippen LogP contribution in [-0.2, 0) is 16.1 Å². The van der Waals surface area contributed by atoms with E-state index < -0.39 is 17.0 Å². The van der Waals surface area contributed by atoms with Crippen molar-refractivity contribution in [2.45, 2.75) is 13.5 Å². The predicted octanol–water partition coefficient (Wildman–Crippen LogP) is 6.80. The van der Waals surface area contributed by atoms with Crippen molar-refractivity contribution in [1.82, 2.24) is 4.90 Å². The van der Waals surface area contributed by atoms with Gasteiger partial charge in [0.15, 0.2) is 6.61 Å². The molecule has 1 fully saturated rings. The lowest BCUT2D eigenvalue weighted by Crippen LogP contribution is -2.28. The second-order valence-corrected chi connectivity index (χ2v) is 10.2. The molecule has 184 valence electrons. The van der Waals surface area contributed by atoms with E-state index in [4.69, 9.17) is 16.3 Å². The SMILES string of the molecule is Cc1cccc(NC(=O)COc2ccc(Br)cc2/C=C2\SC(=O)N(Cc3c(F)cccc3Cl)C2=O)c1. The van der Waals surface area contributed by atoms with Gasteiger partial charge in [0.05, 0.1) is 11.4 Å². The molecule has 0 aliphatic carbocycles. The van der Waals surface area contributed by atoms with Gasteiger partial charge in [0, 0.05) is 26.3 Å². The van der Waals surface area contributed by atoms with Crippen LogP contribution in [-0.4, -0.2) is 28.6 Å². The average Bonchev–Trinajstić information content (AvgIpc) is 3.08. The molecule has 0 unspecified atom stereocenters. The minimum Gasteiger partial charge on any atom is -0.483 e. The van der Waals surface area contributed by atoms with Crippen molar-refractivity contribution in [2.24, 2.45) is 0 Å². The molecule has 0 radical (unpaired) electrons. The van der Waals surface area contributed by atoms with Gasteiger partial charge in [0.25, 0.3) is 17.1 Å². The van der Waals surface area contributed by atoms with Crippen molar-refractivity contribution in [3.8, 4) is 5.75 Å². The van der Waals surface area contributed by atoms with Gasteiger partial charge in [-0.2, -0.15) is 0 Å². The Morgan fingerprint density at radius 1 is 1.17 bits per heavy atom. The fourth-order valence-corrected chi connectivity index (χ4v) is 4.88. The molecule has 0 saturated carbocycles. The summed E-state index contributed by atoms with van der Waals surface area (Å²) in [5.74, 6) is -1.18. The van der Waals surface area contributed by atoms with Gasteiger partial charge in [-0.1, -0.05) is 45.7 Å². The first-order valence-electron chi connectivity index (χ1n) is 10.7. The van der Waals surface area contributed by atoms with E-state index >= 15 is 0 Å². The summed E-state index contributed by atoms with van der Waals surface area (Å²) in [5.41, 5.74) is 2.22. The molecule has 1 aliphatic rings. The minimum atomic E-state index is -0.600. The van der Waals surface area contributed by atoms with Crippen molar-refractivity contribution in [3.05, 3.63) is 97.6 Å². The summed E-state index contributed by atoms with van der Waals surface area (Å²) in [5, 5.41) is 2.36. The third-order valence-corrected chi connectivity index (χ3v) is 6.93. The number of ether oxygens (including phenoxy) is 1. The number of nitrogens with one attached hydrogen (secondary N) is 1. The smallest absolute Gasteiger partial charge is 0.293 e. The summed E-state index contributed by atoms with van der Waals surface area (Å²) >= 11 is 10.2. The zero-order valence-corrected chi connectivity index (χ0v) is 22.0.